The molecule has 7 heteroatoms. The zero-order chi connectivity index (χ0) is 12.5. The van der Waals surface area contributed by atoms with Crippen molar-refractivity contribution in [3.05, 3.63) is 0 Å². The number of hydrogen-bond acceptors (Lipinski definition) is 3. The van der Waals surface area contributed by atoms with E-state index in [9.17, 15) is 18.0 Å². The Labute approximate surface area is 91.5 Å². The van der Waals surface area contributed by atoms with Gasteiger partial charge in [-0.3, -0.25) is 9.53 Å². The maximum absolute atomic E-state index is 12.0. The SMILES string of the molecule is C[C@@H](N)C(=O)N1C[C@@H](OC(F)(F)F)C[C@@H]1C. The first-order valence-electron chi connectivity index (χ1n) is 5.01. The van der Waals surface area contributed by atoms with Gasteiger partial charge in [0.1, 0.15) is 0 Å². The highest BCUT2D eigenvalue weighted by atomic mass is 19.4. The zero-order valence-corrected chi connectivity index (χ0v) is 9.12. The lowest BCUT2D eigenvalue weighted by molar-refractivity contribution is -0.340. The van der Waals surface area contributed by atoms with Crippen molar-refractivity contribution in [1.82, 2.24) is 4.90 Å². The van der Waals surface area contributed by atoms with Crippen LogP contribution in [0.5, 0.6) is 0 Å². The second kappa shape index (κ2) is 4.58. The van der Waals surface area contributed by atoms with Gasteiger partial charge < -0.3 is 10.6 Å². The lowest BCUT2D eigenvalue weighted by Crippen LogP contribution is -2.44. The van der Waals surface area contributed by atoms with E-state index in [0.29, 0.717) is 0 Å². The summed E-state index contributed by atoms with van der Waals surface area (Å²) in [5.41, 5.74) is 5.40. The fourth-order valence-corrected chi connectivity index (χ4v) is 1.82. The summed E-state index contributed by atoms with van der Waals surface area (Å²) in [7, 11) is 0. The fraction of sp³-hybridized carbons (Fsp3) is 0.889. The third kappa shape index (κ3) is 3.34. The Morgan fingerprint density at radius 1 is 1.56 bits per heavy atom. The lowest BCUT2D eigenvalue weighted by Gasteiger charge is -2.23. The maximum Gasteiger partial charge on any atom is 0.522 e. The molecule has 2 N–H and O–H groups in total. The molecule has 1 aliphatic rings. The van der Waals surface area contributed by atoms with Crippen molar-refractivity contribution >= 4 is 5.91 Å². The van der Waals surface area contributed by atoms with Crippen molar-refractivity contribution in [3.8, 4) is 0 Å². The number of nitrogens with zero attached hydrogens (tertiary/aromatic N) is 1. The molecule has 1 fully saturated rings. The Morgan fingerprint density at radius 2 is 2.12 bits per heavy atom. The van der Waals surface area contributed by atoms with Gasteiger partial charge >= 0.3 is 6.36 Å². The van der Waals surface area contributed by atoms with Crippen LogP contribution in [0.25, 0.3) is 0 Å². The Bertz CT molecular complexity index is 268. The van der Waals surface area contributed by atoms with E-state index in [1.54, 1.807) is 6.92 Å². The number of halogens is 3. The minimum atomic E-state index is -4.65. The standard InChI is InChI=1S/C9H15F3N2O2/c1-5-3-7(16-9(10,11)12)4-14(5)8(15)6(2)13/h5-7H,3-4,13H2,1-2H3/t5-,6+,7-/m0/s1. The van der Waals surface area contributed by atoms with Crippen molar-refractivity contribution in [1.29, 1.82) is 0 Å². The molecule has 94 valence electrons. The quantitative estimate of drug-likeness (QED) is 0.778. The Balaban J connectivity index is 2.57. The summed E-state index contributed by atoms with van der Waals surface area (Å²) in [4.78, 5) is 12.9. The molecule has 4 nitrogen and oxygen atoms in total. The molecule has 0 radical (unpaired) electrons. The molecule has 1 rings (SSSR count). The first-order chi connectivity index (χ1) is 7.20. The summed E-state index contributed by atoms with van der Waals surface area (Å²) in [5, 5.41) is 0. The second-order valence-electron chi connectivity index (χ2n) is 4.05. The summed E-state index contributed by atoms with van der Waals surface area (Å²) in [6, 6.07) is -0.974. The molecule has 0 bridgehead atoms. The van der Waals surface area contributed by atoms with Crippen molar-refractivity contribution in [3.63, 3.8) is 0 Å². The molecule has 1 heterocycles. The molecule has 0 spiro atoms. The van der Waals surface area contributed by atoms with Crippen molar-refractivity contribution in [2.24, 2.45) is 5.73 Å². The number of ether oxygens (including phenoxy) is 1. The topological polar surface area (TPSA) is 55.6 Å². The predicted octanol–water partition coefficient (Wildman–Crippen LogP) is 0.859. The molecule has 0 aromatic carbocycles. The Hall–Kier alpha value is -0.820. The first-order valence-corrected chi connectivity index (χ1v) is 5.01. The van der Waals surface area contributed by atoms with Gasteiger partial charge in [-0.05, 0) is 20.3 Å². The molecule has 0 aromatic rings. The predicted molar refractivity (Wildman–Crippen MR) is 50.4 cm³/mol. The highest BCUT2D eigenvalue weighted by Crippen LogP contribution is 2.27. The number of amides is 1. The van der Waals surface area contributed by atoms with E-state index >= 15 is 0 Å². The summed E-state index contributed by atoms with van der Waals surface area (Å²) >= 11 is 0. The molecule has 0 aliphatic carbocycles. The van der Waals surface area contributed by atoms with Gasteiger partial charge in [0.2, 0.25) is 5.91 Å². The summed E-state index contributed by atoms with van der Waals surface area (Å²) in [5.74, 6) is -0.347. The van der Waals surface area contributed by atoms with Crippen LogP contribution in [0, 0.1) is 0 Å². The Morgan fingerprint density at radius 3 is 2.56 bits per heavy atom. The largest absolute Gasteiger partial charge is 0.522 e. The van der Waals surface area contributed by atoms with Crippen LogP contribution in [-0.4, -0.2) is 41.9 Å². The van der Waals surface area contributed by atoms with Crippen LogP contribution in [0.4, 0.5) is 13.2 Å². The van der Waals surface area contributed by atoms with E-state index in [-0.39, 0.29) is 24.9 Å². The van der Waals surface area contributed by atoms with E-state index in [0.717, 1.165) is 0 Å². The molecule has 3 atom stereocenters. The van der Waals surface area contributed by atoms with Crippen LogP contribution in [0.3, 0.4) is 0 Å². The third-order valence-electron chi connectivity index (χ3n) is 2.51. The summed E-state index contributed by atoms with van der Waals surface area (Å²) < 4.78 is 39.8. The number of carbonyl (C=O) groups excluding carboxylic acids is 1. The van der Waals surface area contributed by atoms with Crippen LogP contribution < -0.4 is 5.73 Å². The summed E-state index contributed by atoms with van der Waals surface area (Å²) in [6.07, 6.45) is -5.46. The normalized spacial score (nSPS) is 28.2. The van der Waals surface area contributed by atoms with Gasteiger partial charge in [-0.2, -0.15) is 0 Å². The molecular weight excluding hydrogens is 225 g/mol. The average molecular weight is 240 g/mol. The van der Waals surface area contributed by atoms with E-state index in [1.165, 1.54) is 11.8 Å². The number of carbonyl (C=O) groups is 1. The third-order valence-corrected chi connectivity index (χ3v) is 2.51. The fourth-order valence-electron chi connectivity index (χ4n) is 1.82. The van der Waals surface area contributed by atoms with Gasteiger partial charge in [-0.15, -0.1) is 13.2 Å². The number of alkyl halides is 3. The smallest absolute Gasteiger partial charge is 0.336 e. The minimum Gasteiger partial charge on any atom is -0.336 e. The Kier molecular flexibility index (Phi) is 3.80. The molecule has 0 saturated carbocycles. The molecular formula is C9H15F3N2O2. The van der Waals surface area contributed by atoms with Crippen molar-refractivity contribution < 1.29 is 22.7 Å². The van der Waals surface area contributed by atoms with E-state index < -0.39 is 18.5 Å². The van der Waals surface area contributed by atoms with Crippen molar-refractivity contribution in [2.75, 3.05) is 6.54 Å². The average Bonchev–Trinajstić information content (AvgIpc) is 2.41. The van der Waals surface area contributed by atoms with Gasteiger partial charge in [0.25, 0.3) is 0 Å². The highest BCUT2D eigenvalue weighted by molar-refractivity contribution is 5.81. The summed E-state index contributed by atoms with van der Waals surface area (Å²) in [6.45, 7) is 3.13. The van der Waals surface area contributed by atoms with Gasteiger partial charge in [0.05, 0.1) is 12.1 Å². The van der Waals surface area contributed by atoms with Gasteiger partial charge in [0, 0.05) is 12.6 Å². The van der Waals surface area contributed by atoms with E-state index in [2.05, 4.69) is 4.74 Å². The van der Waals surface area contributed by atoms with Crippen LogP contribution >= 0.6 is 0 Å². The number of nitrogens with two attached hydrogens (primary N) is 1. The van der Waals surface area contributed by atoms with Gasteiger partial charge in [0.15, 0.2) is 0 Å². The van der Waals surface area contributed by atoms with E-state index in [4.69, 9.17) is 5.73 Å². The van der Waals surface area contributed by atoms with Crippen LogP contribution in [0.2, 0.25) is 0 Å². The monoisotopic (exact) mass is 240 g/mol. The first kappa shape index (κ1) is 13.2. The van der Waals surface area contributed by atoms with Crippen molar-refractivity contribution in [2.45, 2.75) is 44.8 Å². The number of rotatable bonds is 2. The lowest BCUT2D eigenvalue weighted by atomic mass is 10.2. The minimum absolute atomic E-state index is 0.0545. The zero-order valence-electron chi connectivity index (χ0n) is 9.12. The molecule has 0 aromatic heterocycles. The molecule has 16 heavy (non-hydrogen) atoms. The van der Waals surface area contributed by atoms with E-state index in [1.807, 2.05) is 0 Å². The molecule has 1 amide bonds. The maximum atomic E-state index is 12.0. The molecule has 1 saturated heterocycles. The van der Waals surface area contributed by atoms with Gasteiger partial charge in [-0.1, -0.05) is 0 Å². The van der Waals surface area contributed by atoms with Crippen LogP contribution in [0.15, 0.2) is 0 Å². The molecule has 0 unspecified atom stereocenters. The van der Waals surface area contributed by atoms with Gasteiger partial charge in [-0.25, -0.2) is 0 Å². The molecule has 1 aliphatic heterocycles. The van der Waals surface area contributed by atoms with Crippen LogP contribution in [-0.2, 0) is 9.53 Å². The number of hydrogen-bond donors (Lipinski definition) is 1. The second-order valence-corrected chi connectivity index (χ2v) is 4.05. The number of likely N-dealkylation sites (tertiary alicyclic amines) is 1. The highest BCUT2D eigenvalue weighted by Gasteiger charge is 2.40. The van der Waals surface area contributed by atoms with Crippen LogP contribution in [0.1, 0.15) is 20.3 Å².